The Morgan fingerprint density at radius 2 is 1.66 bits per heavy atom. The monoisotopic (exact) mass is 631 g/mol. The maximum absolute atomic E-state index is 14.4. The number of nitrogens with zero attached hydrogens (tertiary/aromatic N) is 2. The van der Waals surface area contributed by atoms with Crippen LogP contribution >= 0.6 is 35.6 Å². The highest BCUT2D eigenvalue weighted by atomic mass is 35.5. The number of anilines is 1. The van der Waals surface area contributed by atoms with E-state index in [-0.39, 0.29) is 46.2 Å². The van der Waals surface area contributed by atoms with Gasteiger partial charge in [-0.3, -0.25) is 14.5 Å². The van der Waals surface area contributed by atoms with Crippen LogP contribution in [-0.2, 0) is 16.6 Å². The number of primary amides is 1. The number of benzene rings is 2. The molecular weight excluding hydrogens is 602 g/mol. The zero-order valence-electron chi connectivity index (χ0n) is 22.1. The summed E-state index contributed by atoms with van der Waals surface area (Å²) in [5.74, 6) is -1.99. The molecule has 3 aliphatic carbocycles. The van der Waals surface area contributed by atoms with Gasteiger partial charge in [0.1, 0.15) is 0 Å². The van der Waals surface area contributed by atoms with Crippen LogP contribution in [-0.4, -0.2) is 46.5 Å². The number of aliphatic hydroxyl groups is 1. The van der Waals surface area contributed by atoms with Crippen LogP contribution in [0, 0.1) is 5.92 Å². The lowest BCUT2D eigenvalue weighted by Crippen LogP contribution is -2.59. The predicted octanol–water partition coefficient (Wildman–Crippen LogP) is 6.30. The van der Waals surface area contributed by atoms with E-state index >= 15 is 0 Å². The third-order valence-electron chi connectivity index (χ3n) is 9.30. The van der Waals surface area contributed by atoms with Gasteiger partial charge in [0, 0.05) is 51.4 Å². The second-order valence-corrected chi connectivity index (χ2v) is 12.5. The summed E-state index contributed by atoms with van der Waals surface area (Å²) in [5, 5.41) is 12.0. The van der Waals surface area contributed by atoms with E-state index < -0.39 is 40.3 Å². The fourth-order valence-electron chi connectivity index (χ4n) is 6.83. The molecule has 0 radical (unpaired) electrons. The van der Waals surface area contributed by atoms with Crippen LogP contribution < -0.4 is 10.6 Å². The van der Waals surface area contributed by atoms with Crippen molar-refractivity contribution in [2.24, 2.45) is 11.7 Å². The lowest BCUT2D eigenvalue weighted by atomic mass is 9.74. The van der Waals surface area contributed by atoms with Gasteiger partial charge in [0.15, 0.2) is 5.60 Å². The fraction of sp³-hybridized carbons (Fsp3) is 0.517. The Hall–Kier alpha value is -2.04. The van der Waals surface area contributed by atoms with Crippen molar-refractivity contribution >= 4 is 53.1 Å². The van der Waals surface area contributed by atoms with Gasteiger partial charge in [-0.15, -0.1) is 12.4 Å². The van der Waals surface area contributed by atoms with Gasteiger partial charge in [-0.2, -0.15) is 13.2 Å². The second kappa shape index (κ2) is 10.9. The Bertz CT molecular complexity index is 1360. The Balaban J connectivity index is 0.00000337. The number of rotatable bonds is 7. The molecule has 222 valence electrons. The van der Waals surface area contributed by atoms with E-state index in [9.17, 15) is 27.9 Å². The van der Waals surface area contributed by atoms with Gasteiger partial charge >= 0.3 is 6.18 Å². The van der Waals surface area contributed by atoms with E-state index in [1.54, 1.807) is 0 Å². The van der Waals surface area contributed by atoms with E-state index in [4.69, 9.17) is 28.9 Å². The molecule has 0 bridgehead atoms. The molecule has 3 fully saturated rings. The largest absolute Gasteiger partial charge is 0.416 e. The molecule has 0 spiro atoms. The number of carbonyl (C=O) groups excluding carboxylic acids is 2. The maximum Gasteiger partial charge on any atom is 0.416 e. The normalized spacial score (nSPS) is 26.2. The molecule has 2 aromatic carbocycles. The number of nitrogens with two attached hydrogens (primary N) is 1. The van der Waals surface area contributed by atoms with Crippen LogP contribution in [0.15, 0.2) is 30.3 Å². The molecule has 1 aliphatic heterocycles. The summed E-state index contributed by atoms with van der Waals surface area (Å²) in [7, 11) is 0. The minimum Gasteiger partial charge on any atom is -0.372 e. The fourth-order valence-corrected chi connectivity index (χ4v) is 7.37. The molecule has 1 atom stereocenters. The molecule has 41 heavy (non-hydrogen) atoms. The SMILES string of the molecule is Cl.NC(=O)c1cc2c(c(C(F)(F)F)c1)C(O)(c1ccc(Cl)cc1Cl)C(=O)N2CC1CC(N(C2CCC2)C2CCC2)C1. The second-order valence-electron chi connectivity index (χ2n) is 11.6. The van der Waals surface area contributed by atoms with E-state index in [1.165, 1.54) is 61.6 Å². The first-order chi connectivity index (χ1) is 18.9. The van der Waals surface area contributed by atoms with Crippen molar-refractivity contribution in [2.45, 2.75) is 81.3 Å². The molecule has 3 saturated carbocycles. The molecule has 12 heteroatoms. The molecule has 2 aromatic rings. The standard InChI is InChI=1S/C29H30Cl2F3N3O3.ClH/c30-17-7-8-21(23(31)13-17)28(40)25-22(29(32,33)34)11-16(26(35)38)12-24(25)36(27(28)39)14-15-9-20(10-15)37(18-3-1-4-18)19-5-2-6-19;/h7-8,11-13,15,18-20,40H,1-6,9-10,14H2,(H2,35,38);1H. The van der Waals surface area contributed by atoms with E-state index in [1.807, 2.05) is 0 Å². The van der Waals surface area contributed by atoms with Crippen LogP contribution in [0.25, 0.3) is 0 Å². The van der Waals surface area contributed by atoms with E-state index in [0.717, 1.165) is 18.9 Å². The van der Waals surface area contributed by atoms with Gasteiger partial charge in [-0.1, -0.05) is 42.1 Å². The Kier molecular flexibility index (Phi) is 8.09. The zero-order chi connectivity index (χ0) is 28.6. The smallest absolute Gasteiger partial charge is 0.372 e. The lowest BCUT2D eigenvalue weighted by Gasteiger charge is -2.55. The summed E-state index contributed by atoms with van der Waals surface area (Å²) >= 11 is 12.4. The summed E-state index contributed by atoms with van der Waals surface area (Å²) in [6.07, 6.45) is 3.88. The molecule has 1 heterocycles. The Morgan fingerprint density at radius 1 is 1.05 bits per heavy atom. The van der Waals surface area contributed by atoms with Gasteiger partial charge in [0.05, 0.1) is 11.3 Å². The van der Waals surface area contributed by atoms with Crippen molar-refractivity contribution in [1.82, 2.24) is 4.90 Å². The molecule has 3 N–H and O–H groups in total. The molecule has 6 rings (SSSR count). The average Bonchev–Trinajstić information content (AvgIpc) is 2.99. The molecule has 0 aromatic heterocycles. The Morgan fingerprint density at radius 3 is 2.15 bits per heavy atom. The van der Waals surface area contributed by atoms with Crippen LogP contribution in [0.4, 0.5) is 18.9 Å². The first kappa shape index (κ1) is 30.4. The van der Waals surface area contributed by atoms with Gasteiger partial charge in [0.25, 0.3) is 5.91 Å². The highest BCUT2D eigenvalue weighted by Crippen LogP contribution is 2.53. The summed E-state index contributed by atoms with van der Waals surface area (Å²) in [4.78, 5) is 29.9. The number of hydrogen-bond donors (Lipinski definition) is 2. The van der Waals surface area contributed by atoms with E-state index in [2.05, 4.69) is 4.90 Å². The molecule has 4 aliphatic rings. The van der Waals surface area contributed by atoms with Crippen LogP contribution in [0.2, 0.25) is 10.0 Å². The third kappa shape index (κ3) is 5.01. The van der Waals surface area contributed by atoms with Crippen LogP contribution in [0.3, 0.4) is 0 Å². The molecule has 0 saturated heterocycles. The number of hydrogen-bond acceptors (Lipinski definition) is 4. The molecule has 2 amide bonds. The van der Waals surface area contributed by atoms with Crippen LogP contribution in [0.5, 0.6) is 0 Å². The molecular formula is C29H31Cl3F3N3O3. The van der Waals surface area contributed by atoms with Crippen LogP contribution in [0.1, 0.15) is 78.4 Å². The minimum absolute atomic E-state index is 0. The number of carbonyl (C=O) groups is 2. The number of halogens is 6. The summed E-state index contributed by atoms with van der Waals surface area (Å²) in [6.45, 7) is 0.110. The van der Waals surface area contributed by atoms with Crippen molar-refractivity contribution < 1.29 is 27.9 Å². The molecule has 6 nitrogen and oxygen atoms in total. The summed E-state index contributed by atoms with van der Waals surface area (Å²) < 4.78 is 43.3. The van der Waals surface area contributed by atoms with E-state index in [0.29, 0.717) is 24.2 Å². The van der Waals surface area contributed by atoms with Gasteiger partial charge < -0.3 is 15.7 Å². The topological polar surface area (TPSA) is 86.9 Å². The average molecular weight is 633 g/mol. The first-order valence-electron chi connectivity index (χ1n) is 13.7. The highest BCUT2D eigenvalue weighted by molar-refractivity contribution is 6.35. The van der Waals surface area contributed by atoms with Gasteiger partial charge in [-0.25, -0.2) is 0 Å². The summed E-state index contributed by atoms with van der Waals surface area (Å²) in [5.41, 5.74) is -0.0937. The summed E-state index contributed by atoms with van der Waals surface area (Å²) in [6, 6.07) is 7.19. The van der Waals surface area contributed by atoms with Crippen molar-refractivity contribution in [2.75, 3.05) is 11.4 Å². The first-order valence-corrected chi connectivity index (χ1v) is 14.5. The van der Waals surface area contributed by atoms with Gasteiger partial charge in [0.2, 0.25) is 5.91 Å². The maximum atomic E-state index is 14.4. The minimum atomic E-state index is -4.99. The lowest BCUT2D eigenvalue weighted by molar-refractivity contribution is -0.142. The number of amides is 2. The zero-order valence-corrected chi connectivity index (χ0v) is 24.4. The quantitative estimate of drug-likeness (QED) is 0.375. The van der Waals surface area contributed by atoms with Crippen molar-refractivity contribution in [3.05, 3.63) is 62.6 Å². The Labute approximate surface area is 252 Å². The predicted molar refractivity (Wildman–Crippen MR) is 153 cm³/mol. The molecule has 1 unspecified atom stereocenters. The van der Waals surface area contributed by atoms with Crippen molar-refractivity contribution in [1.29, 1.82) is 0 Å². The van der Waals surface area contributed by atoms with Crippen molar-refractivity contribution in [3.63, 3.8) is 0 Å². The number of fused-ring (bicyclic) bond motifs is 1. The third-order valence-corrected chi connectivity index (χ3v) is 9.85. The van der Waals surface area contributed by atoms with Gasteiger partial charge in [-0.05, 0) is 68.7 Å². The van der Waals surface area contributed by atoms with Crippen molar-refractivity contribution in [3.8, 4) is 0 Å². The highest BCUT2D eigenvalue weighted by Gasteiger charge is 2.57. The number of alkyl halides is 3.